The van der Waals surface area contributed by atoms with Gasteiger partial charge < -0.3 is 15.7 Å². The summed E-state index contributed by atoms with van der Waals surface area (Å²) in [5.41, 5.74) is 6.44. The normalized spacial score (nSPS) is 14.3. The standard InChI is InChI=1S/C18H19ClN4O3S.C2H4O2/c19-15-2-1-3-16(12-15)27(25,26)23-10-8-22(9-11-23)18(24)14-6-4-13(5-7-14)17(20)21;1-2(3)4/h1-7,12H,8-11H2,(H3,20,21);1H3,(H,3,4). The fraction of sp³-hybridized carbons (Fsp3) is 0.250. The third-order valence-corrected chi connectivity index (χ3v) is 6.53. The lowest BCUT2D eigenvalue weighted by molar-refractivity contribution is -0.134. The zero-order valence-corrected chi connectivity index (χ0v) is 18.4. The van der Waals surface area contributed by atoms with Gasteiger partial charge in [-0.05, 0) is 30.3 Å². The maximum Gasteiger partial charge on any atom is 0.300 e. The van der Waals surface area contributed by atoms with Crippen LogP contribution >= 0.6 is 11.6 Å². The van der Waals surface area contributed by atoms with Crippen LogP contribution in [0.2, 0.25) is 5.02 Å². The maximum absolute atomic E-state index is 12.7. The van der Waals surface area contributed by atoms with Gasteiger partial charge in [-0.25, -0.2) is 8.42 Å². The highest BCUT2D eigenvalue weighted by atomic mass is 35.5. The molecule has 0 saturated carbocycles. The van der Waals surface area contributed by atoms with Gasteiger partial charge in [0, 0.05) is 49.3 Å². The van der Waals surface area contributed by atoms with E-state index < -0.39 is 16.0 Å². The van der Waals surface area contributed by atoms with Crippen molar-refractivity contribution in [1.29, 1.82) is 5.41 Å². The van der Waals surface area contributed by atoms with E-state index >= 15 is 0 Å². The summed E-state index contributed by atoms with van der Waals surface area (Å²) >= 11 is 5.90. The molecule has 2 aromatic rings. The molecule has 0 unspecified atom stereocenters. The second kappa shape index (κ2) is 10.4. The van der Waals surface area contributed by atoms with E-state index in [2.05, 4.69) is 0 Å². The van der Waals surface area contributed by atoms with Crippen molar-refractivity contribution in [2.24, 2.45) is 5.73 Å². The summed E-state index contributed by atoms with van der Waals surface area (Å²) in [6.45, 7) is 2.11. The van der Waals surface area contributed by atoms with Crippen LogP contribution in [0.5, 0.6) is 0 Å². The molecule has 4 N–H and O–H groups in total. The number of nitrogens with one attached hydrogen (secondary N) is 1. The Kier molecular flexibility index (Phi) is 8.14. The van der Waals surface area contributed by atoms with Crippen molar-refractivity contribution < 1.29 is 23.1 Å². The molecule has 2 aromatic carbocycles. The smallest absolute Gasteiger partial charge is 0.300 e. The van der Waals surface area contributed by atoms with Crippen molar-refractivity contribution in [3.63, 3.8) is 0 Å². The van der Waals surface area contributed by atoms with Crippen LogP contribution in [-0.4, -0.2) is 66.6 Å². The average molecular weight is 467 g/mol. The van der Waals surface area contributed by atoms with Crippen molar-refractivity contribution in [1.82, 2.24) is 9.21 Å². The van der Waals surface area contributed by atoms with Gasteiger partial charge in [0.05, 0.1) is 4.90 Å². The number of halogens is 1. The van der Waals surface area contributed by atoms with Crippen LogP contribution < -0.4 is 5.73 Å². The summed E-state index contributed by atoms with van der Waals surface area (Å²) in [4.78, 5) is 23.4. The fourth-order valence-corrected chi connectivity index (χ4v) is 4.61. The number of carboxylic acids is 1. The molecule has 31 heavy (non-hydrogen) atoms. The lowest BCUT2D eigenvalue weighted by Crippen LogP contribution is -2.50. The van der Waals surface area contributed by atoms with Crippen molar-refractivity contribution in [2.75, 3.05) is 26.2 Å². The van der Waals surface area contributed by atoms with Gasteiger partial charge in [0.1, 0.15) is 5.84 Å². The first-order valence-corrected chi connectivity index (χ1v) is 11.0. The molecule has 1 amide bonds. The first kappa shape index (κ1) is 24.3. The monoisotopic (exact) mass is 466 g/mol. The Morgan fingerprint density at radius 3 is 2.03 bits per heavy atom. The molecule has 0 spiro atoms. The first-order chi connectivity index (χ1) is 14.5. The molecule has 0 aliphatic carbocycles. The number of amidine groups is 1. The first-order valence-electron chi connectivity index (χ1n) is 9.21. The molecule has 0 aromatic heterocycles. The maximum atomic E-state index is 12.7. The Hall–Kier alpha value is -2.95. The van der Waals surface area contributed by atoms with Crippen LogP contribution in [0.4, 0.5) is 0 Å². The average Bonchev–Trinajstić information content (AvgIpc) is 2.73. The number of carboxylic acid groups (broad SMARTS) is 1. The number of nitrogen functional groups attached to an aromatic ring is 1. The Labute approximate surface area is 185 Å². The third-order valence-electron chi connectivity index (χ3n) is 4.40. The summed E-state index contributed by atoms with van der Waals surface area (Å²) in [6.07, 6.45) is 0. The summed E-state index contributed by atoms with van der Waals surface area (Å²) in [5.74, 6) is -1.07. The number of carbonyl (C=O) groups is 2. The van der Waals surface area contributed by atoms with Crippen LogP contribution in [0.1, 0.15) is 22.8 Å². The molecule has 0 bridgehead atoms. The van der Waals surface area contributed by atoms with Gasteiger partial charge in [-0.3, -0.25) is 15.0 Å². The predicted octanol–water partition coefficient (Wildman–Crippen LogP) is 1.86. The minimum absolute atomic E-state index is 0.0613. The van der Waals surface area contributed by atoms with E-state index in [9.17, 15) is 13.2 Å². The van der Waals surface area contributed by atoms with E-state index in [1.54, 1.807) is 41.3 Å². The van der Waals surface area contributed by atoms with Crippen LogP contribution in [-0.2, 0) is 14.8 Å². The Balaban J connectivity index is 0.000000785. The van der Waals surface area contributed by atoms with Crippen LogP contribution in [0.3, 0.4) is 0 Å². The van der Waals surface area contributed by atoms with E-state index in [4.69, 9.17) is 32.6 Å². The third kappa shape index (κ3) is 6.51. The summed E-state index contributed by atoms with van der Waals surface area (Å²) in [6, 6.07) is 12.6. The molecule has 9 nitrogen and oxygen atoms in total. The number of carbonyl (C=O) groups excluding carboxylic acids is 1. The lowest BCUT2D eigenvalue weighted by atomic mass is 10.1. The Morgan fingerprint density at radius 1 is 1.03 bits per heavy atom. The molecule has 1 aliphatic rings. The molecular weight excluding hydrogens is 444 g/mol. The summed E-state index contributed by atoms with van der Waals surface area (Å²) in [7, 11) is -3.64. The van der Waals surface area contributed by atoms with Crippen molar-refractivity contribution in [2.45, 2.75) is 11.8 Å². The molecule has 11 heteroatoms. The number of hydrogen-bond donors (Lipinski definition) is 3. The van der Waals surface area contributed by atoms with Gasteiger partial charge >= 0.3 is 0 Å². The summed E-state index contributed by atoms with van der Waals surface area (Å²) in [5, 5.41) is 15.2. The largest absolute Gasteiger partial charge is 0.481 e. The zero-order valence-electron chi connectivity index (χ0n) is 16.8. The molecule has 1 fully saturated rings. The molecule has 0 atom stereocenters. The molecular formula is C20H23ClN4O5S. The zero-order chi connectivity index (χ0) is 23.2. The van der Waals surface area contributed by atoms with Crippen LogP contribution in [0.15, 0.2) is 53.4 Å². The quantitative estimate of drug-likeness (QED) is 0.463. The molecule has 1 aliphatic heterocycles. The topological polar surface area (TPSA) is 145 Å². The van der Waals surface area contributed by atoms with Crippen LogP contribution in [0, 0.1) is 5.41 Å². The number of hydrogen-bond acceptors (Lipinski definition) is 5. The molecule has 166 valence electrons. The van der Waals surface area contributed by atoms with E-state index in [1.165, 1.54) is 16.4 Å². The number of aliphatic carboxylic acids is 1. The van der Waals surface area contributed by atoms with Crippen molar-refractivity contribution in [3.8, 4) is 0 Å². The van der Waals surface area contributed by atoms with Gasteiger partial charge in [-0.15, -0.1) is 0 Å². The number of nitrogens with two attached hydrogens (primary N) is 1. The lowest BCUT2D eigenvalue weighted by Gasteiger charge is -2.34. The Bertz CT molecular complexity index is 1060. The van der Waals surface area contributed by atoms with E-state index in [-0.39, 0.29) is 29.7 Å². The highest BCUT2D eigenvalue weighted by Gasteiger charge is 2.30. The number of nitrogens with zero attached hydrogens (tertiary/aromatic N) is 2. The SMILES string of the molecule is CC(=O)O.N=C(N)c1ccc(C(=O)N2CCN(S(=O)(=O)c3cccc(Cl)c3)CC2)cc1. The second-order valence-corrected chi connectivity index (χ2v) is 9.04. The number of amides is 1. The van der Waals surface area contributed by atoms with Gasteiger partial charge in [0.15, 0.2) is 0 Å². The highest BCUT2D eigenvalue weighted by molar-refractivity contribution is 7.89. The van der Waals surface area contributed by atoms with E-state index in [0.29, 0.717) is 29.2 Å². The molecule has 1 saturated heterocycles. The number of piperazine rings is 1. The molecule has 3 rings (SSSR count). The second-order valence-electron chi connectivity index (χ2n) is 6.66. The minimum Gasteiger partial charge on any atom is -0.481 e. The highest BCUT2D eigenvalue weighted by Crippen LogP contribution is 2.21. The molecule has 1 heterocycles. The molecule has 0 radical (unpaired) electrons. The minimum atomic E-state index is -3.64. The van der Waals surface area contributed by atoms with Gasteiger partial charge in [0.2, 0.25) is 10.0 Å². The van der Waals surface area contributed by atoms with Crippen molar-refractivity contribution >= 4 is 39.3 Å². The van der Waals surface area contributed by atoms with Gasteiger partial charge in [0.25, 0.3) is 11.9 Å². The number of sulfonamides is 1. The summed E-state index contributed by atoms with van der Waals surface area (Å²) < 4.78 is 26.8. The van der Waals surface area contributed by atoms with Gasteiger partial charge in [-0.1, -0.05) is 29.8 Å². The van der Waals surface area contributed by atoms with E-state index in [1.807, 2.05) is 0 Å². The van der Waals surface area contributed by atoms with E-state index in [0.717, 1.165) is 6.92 Å². The number of rotatable bonds is 4. The predicted molar refractivity (Wildman–Crippen MR) is 117 cm³/mol. The van der Waals surface area contributed by atoms with Crippen molar-refractivity contribution in [3.05, 3.63) is 64.7 Å². The number of benzene rings is 2. The van der Waals surface area contributed by atoms with Gasteiger partial charge in [-0.2, -0.15) is 4.31 Å². The fourth-order valence-electron chi connectivity index (χ4n) is 2.88. The van der Waals surface area contributed by atoms with Crippen LogP contribution in [0.25, 0.3) is 0 Å². The Morgan fingerprint density at radius 2 is 1.55 bits per heavy atom.